The first kappa shape index (κ1) is 15.6. The Morgan fingerprint density at radius 1 is 1.37 bits per heavy atom. The van der Waals surface area contributed by atoms with E-state index in [-0.39, 0.29) is 11.4 Å². The molecule has 1 rings (SSSR count). The molecule has 0 saturated heterocycles. The number of hydrogen-bond acceptors (Lipinski definition) is 4. The van der Waals surface area contributed by atoms with E-state index >= 15 is 0 Å². The van der Waals surface area contributed by atoms with Crippen molar-refractivity contribution in [3.63, 3.8) is 0 Å². The van der Waals surface area contributed by atoms with Gasteiger partial charge < -0.3 is 15.4 Å². The maximum absolute atomic E-state index is 11.7. The van der Waals surface area contributed by atoms with Crippen molar-refractivity contribution < 1.29 is 14.7 Å². The molecule has 0 fully saturated rings. The number of imidazole rings is 1. The van der Waals surface area contributed by atoms with E-state index < -0.39 is 11.9 Å². The molecule has 0 bridgehead atoms. The normalized spacial score (nSPS) is 10.4. The highest BCUT2D eigenvalue weighted by Crippen LogP contribution is 2.05. The quantitative estimate of drug-likeness (QED) is 0.601. The van der Waals surface area contributed by atoms with Crippen LogP contribution in [0.3, 0.4) is 0 Å². The van der Waals surface area contributed by atoms with Crippen LogP contribution in [0.5, 0.6) is 0 Å². The number of carboxylic acids is 1. The molecule has 0 aliphatic rings. The maximum atomic E-state index is 11.7. The zero-order valence-electron chi connectivity index (χ0n) is 10.9. The molecule has 7 heteroatoms. The lowest BCUT2D eigenvalue weighted by atomic mass is 10.2. The van der Waals surface area contributed by atoms with Crippen molar-refractivity contribution in [1.82, 2.24) is 15.3 Å². The predicted octanol–water partition coefficient (Wildman–Crippen LogP) is 1.76. The number of carboxylic acid groups (broad SMARTS) is 1. The van der Waals surface area contributed by atoms with E-state index in [0.717, 1.165) is 19.3 Å². The number of aromatic amines is 1. The highest BCUT2D eigenvalue weighted by Gasteiger charge is 2.18. The van der Waals surface area contributed by atoms with Crippen molar-refractivity contribution in [3.05, 3.63) is 17.7 Å². The number of nitrogens with one attached hydrogen (secondary N) is 2. The molecule has 0 aromatic carbocycles. The second kappa shape index (κ2) is 8.58. The van der Waals surface area contributed by atoms with Crippen molar-refractivity contribution in [2.45, 2.75) is 25.7 Å². The third kappa shape index (κ3) is 5.34. The standard InChI is InChI=1S/C12H19N3O3S/c1-19-7-5-3-2-4-6-13-11(16)9-10(12(17)18)15-8-14-9/h8H,2-7H2,1H3,(H,13,16)(H,14,15)(H,17,18). The van der Waals surface area contributed by atoms with Gasteiger partial charge in [0.2, 0.25) is 0 Å². The van der Waals surface area contributed by atoms with Crippen LogP contribution in [-0.2, 0) is 0 Å². The molecule has 0 aliphatic carbocycles. The minimum absolute atomic E-state index is 0.0603. The number of thioether (sulfide) groups is 1. The van der Waals surface area contributed by atoms with Gasteiger partial charge in [-0.25, -0.2) is 9.78 Å². The van der Waals surface area contributed by atoms with Gasteiger partial charge in [0.15, 0.2) is 11.4 Å². The number of carbonyl (C=O) groups is 2. The van der Waals surface area contributed by atoms with Gasteiger partial charge in [-0.3, -0.25) is 4.79 Å². The van der Waals surface area contributed by atoms with Crippen molar-refractivity contribution in [2.75, 3.05) is 18.6 Å². The van der Waals surface area contributed by atoms with Crippen LogP contribution in [0, 0.1) is 0 Å². The smallest absolute Gasteiger partial charge is 0.354 e. The van der Waals surface area contributed by atoms with E-state index in [9.17, 15) is 9.59 Å². The Hall–Kier alpha value is -1.50. The largest absolute Gasteiger partial charge is 0.477 e. The van der Waals surface area contributed by atoms with Gasteiger partial charge in [0.1, 0.15) is 0 Å². The highest BCUT2D eigenvalue weighted by molar-refractivity contribution is 7.98. The molecular formula is C12H19N3O3S. The van der Waals surface area contributed by atoms with Gasteiger partial charge in [-0.1, -0.05) is 12.8 Å². The monoisotopic (exact) mass is 285 g/mol. The summed E-state index contributed by atoms with van der Waals surface area (Å²) < 4.78 is 0. The van der Waals surface area contributed by atoms with Crippen LogP contribution in [0.2, 0.25) is 0 Å². The summed E-state index contributed by atoms with van der Waals surface area (Å²) >= 11 is 1.84. The summed E-state index contributed by atoms with van der Waals surface area (Å²) in [4.78, 5) is 28.7. The van der Waals surface area contributed by atoms with Gasteiger partial charge in [0.25, 0.3) is 5.91 Å². The van der Waals surface area contributed by atoms with Gasteiger partial charge in [-0.2, -0.15) is 11.8 Å². The molecule has 1 heterocycles. The fourth-order valence-electron chi connectivity index (χ4n) is 1.64. The third-order valence-corrected chi connectivity index (χ3v) is 3.33. The molecule has 0 radical (unpaired) electrons. The minimum atomic E-state index is -1.18. The summed E-state index contributed by atoms with van der Waals surface area (Å²) in [6.45, 7) is 0.546. The number of nitrogens with zero attached hydrogens (tertiary/aromatic N) is 1. The topological polar surface area (TPSA) is 95.1 Å². The van der Waals surface area contributed by atoms with Crippen LogP contribution in [0.1, 0.15) is 46.7 Å². The molecule has 106 valence electrons. The predicted molar refractivity (Wildman–Crippen MR) is 74.7 cm³/mol. The summed E-state index contributed by atoms with van der Waals surface area (Å²) in [5.41, 5.74) is -0.229. The van der Waals surface area contributed by atoms with Crippen LogP contribution in [0.25, 0.3) is 0 Å². The van der Waals surface area contributed by atoms with E-state index in [4.69, 9.17) is 5.11 Å². The fourth-order valence-corrected chi connectivity index (χ4v) is 2.13. The first-order valence-electron chi connectivity index (χ1n) is 6.20. The number of H-pyrrole nitrogens is 1. The van der Waals surface area contributed by atoms with E-state index in [0.29, 0.717) is 6.54 Å². The van der Waals surface area contributed by atoms with Crippen molar-refractivity contribution in [3.8, 4) is 0 Å². The first-order valence-corrected chi connectivity index (χ1v) is 7.60. The molecule has 3 N–H and O–H groups in total. The SMILES string of the molecule is CSCCCCCCNC(=O)c1nc[nH]c1C(=O)O. The summed E-state index contributed by atoms with van der Waals surface area (Å²) in [5, 5.41) is 11.5. The van der Waals surface area contributed by atoms with Crippen molar-refractivity contribution >= 4 is 23.6 Å². The number of unbranched alkanes of at least 4 members (excludes halogenated alkanes) is 3. The van der Waals surface area contributed by atoms with Gasteiger partial charge in [0, 0.05) is 6.54 Å². The Balaban J connectivity index is 2.24. The first-order chi connectivity index (χ1) is 9.16. The number of rotatable bonds is 9. The van der Waals surface area contributed by atoms with Crippen LogP contribution >= 0.6 is 11.8 Å². The summed E-state index contributed by atoms with van der Waals surface area (Å²) in [5.74, 6) is -0.454. The number of amides is 1. The molecule has 19 heavy (non-hydrogen) atoms. The number of carbonyl (C=O) groups excluding carboxylic acids is 1. The van der Waals surface area contributed by atoms with Gasteiger partial charge in [0.05, 0.1) is 6.33 Å². The Kier molecular flexibility index (Phi) is 7.02. The van der Waals surface area contributed by atoms with E-state index in [2.05, 4.69) is 21.5 Å². The zero-order valence-corrected chi connectivity index (χ0v) is 11.8. The second-order valence-corrected chi connectivity index (χ2v) is 5.08. The fraction of sp³-hybridized carbons (Fsp3) is 0.583. The Labute approximate surface area is 116 Å². The zero-order chi connectivity index (χ0) is 14.1. The van der Waals surface area contributed by atoms with E-state index in [1.54, 1.807) is 0 Å². The Morgan fingerprint density at radius 3 is 2.79 bits per heavy atom. The average Bonchev–Trinajstić information content (AvgIpc) is 2.87. The number of aromatic carboxylic acids is 1. The molecule has 0 saturated carbocycles. The van der Waals surface area contributed by atoms with Crippen LogP contribution in [0.15, 0.2) is 6.33 Å². The van der Waals surface area contributed by atoms with Gasteiger partial charge in [-0.05, 0) is 24.9 Å². The molecule has 0 atom stereocenters. The van der Waals surface area contributed by atoms with Crippen molar-refractivity contribution in [1.29, 1.82) is 0 Å². The Morgan fingerprint density at radius 2 is 2.11 bits per heavy atom. The maximum Gasteiger partial charge on any atom is 0.354 e. The number of hydrogen-bond donors (Lipinski definition) is 3. The average molecular weight is 285 g/mol. The van der Waals surface area contributed by atoms with E-state index in [1.165, 1.54) is 18.5 Å². The summed E-state index contributed by atoms with van der Waals surface area (Å²) in [7, 11) is 0. The molecule has 0 unspecified atom stereocenters. The molecule has 1 amide bonds. The lowest BCUT2D eigenvalue weighted by Crippen LogP contribution is -2.26. The van der Waals surface area contributed by atoms with Crippen molar-refractivity contribution in [2.24, 2.45) is 0 Å². The molecule has 6 nitrogen and oxygen atoms in total. The van der Waals surface area contributed by atoms with Crippen LogP contribution in [-0.4, -0.2) is 45.5 Å². The van der Waals surface area contributed by atoms with Gasteiger partial charge in [-0.15, -0.1) is 0 Å². The minimum Gasteiger partial charge on any atom is -0.477 e. The molecule has 1 aromatic rings. The molecule has 1 aromatic heterocycles. The van der Waals surface area contributed by atoms with E-state index in [1.807, 2.05) is 11.8 Å². The summed E-state index contributed by atoms with van der Waals surface area (Å²) in [6.07, 6.45) is 7.60. The Bertz CT molecular complexity index is 420. The molecule has 0 aliphatic heterocycles. The van der Waals surface area contributed by atoms with Gasteiger partial charge >= 0.3 is 5.97 Å². The lowest BCUT2D eigenvalue weighted by molar-refractivity contribution is 0.0685. The second-order valence-electron chi connectivity index (χ2n) is 4.09. The molecule has 0 spiro atoms. The number of aromatic nitrogens is 2. The summed E-state index contributed by atoms with van der Waals surface area (Å²) in [6, 6.07) is 0. The highest BCUT2D eigenvalue weighted by atomic mass is 32.2. The van der Waals surface area contributed by atoms with Crippen LogP contribution < -0.4 is 5.32 Å². The lowest BCUT2D eigenvalue weighted by Gasteiger charge is -2.04. The van der Waals surface area contributed by atoms with Crippen LogP contribution in [0.4, 0.5) is 0 Å². The third-order valence-electron chi connectivity index (χ3n) is 2.63. The molecular weight excluding hydrogens is 266 g/mol.